The van der Waals surface area contributed by atoms with E-state index in [-0.39, 0.29) is 5.41 Å². The molecule has 1 aliphatic rings. The molecule has 2 nitrogen and oxygen atoms in total. The molecule has 6 rings (SSSR count). The highest BCUT2D eigenvalue weighted by atomic mass is 16.5. The maximum atomic E-state index is 6.28. The van der Waals surface area contributed by atoms with Gasteiger partial charge in [-0.1, -0.05) is 98.8 Å². The van der Waals surface area contributed by atoms with Gasteiger partial charge in [-0.15, -0.1) is 0 Å². The van der Waals surface area contributed by atoms with Gasteiger partial charge in [-0.05, 0) is 35.4 Å². The molecule has 0 saturated carbocycles. The Bertz CT molecular complexity index is 1440. The average Bonchev–Trinajstić information content (AvgIpc) is 3.35. The van der Waals surface area contributed by atoms with Crippen molar-refractivity contribution in [3.63, 3.8) is 0 Å². The van der Waals surface area contributed by atoms with Crippen molar-refractivity contribution in [2.45, 2.75) is 19.3 Å². The molecule has 0 spiro atoms. The number of ether oxygens (including phenoxy) is 1. The Balaban J connectivity index is 1.31. The van der Waals surface area contributed by atoms with Gasteiger partial charge in [-0.2, -0.15) is 0 Å². The first-order valence-electron chi connectivity index (χ1n) is 11.3. The Morgan fingerprint density at radius 1 is 0.485 bits per heavy atom. The zero-order valence-corrected chi connectivity index (χ0v) is 18.7. The standard InChI is InChI=1S/C31H24O2/c1-31(2)25-10-6-7-11-29(25)33-30-20-24(16-17-26(30)31)28-19-18-27(32-28)23-14-12-22(13-15-23)21-8-4-3-5-9-21/h3-20H,1-2H3. The van der Waals surface area contributed by atoms with Crippen LogP contribution in [0.1, 0.15) is 25.0 Å². The van der Waals surface area contributed by atoms with Crippen LogP contribution in [0.3, 0.4) is 0 Å². The van der Waals surface area contributed by atoms with Crippen LogP contribution in [0.4, 0.5) is 0 Å². The van der Waals surface area contributed by atoms with Crippen LogP contribution in [0.25, 0.3) is 33.8 Å². The molecule has 0 amide bonds. The summed E-state index contributed by atoms with van der Waals surface area (Å²) in [7, 11) is 0. The Kier molecular flexibility index (Phi) is 4.48. The SMILES string of the molecule is CC1(C)c2ccccc2Oc2cc(-c3ccc(-c4ccc(-c5ccccc5)cc4)o3)ccc21. The summed E-state index contributed by atoms with van der Waals surface area (Å²) in [6.07, 6.45) is 0. The molecular formula is C31H24O2. The number of furan rings is 1. The van der Waals surface area contributed by atoms with E-state index in [0.717, 1.165) is 34.1 Å². The van der Waals surface area contributed by atoms with Gasteiger partial charge in [-0.3, -0.25) is 0 Å². The molecule has 2 heteroatoms. The summed E-state index contributed by atoms with van der Waals surface area (Å²) in [6.45, 7) is 4.49. The molecule has 0 atom stereocenters. The van der Waals surface area contributed by atoms with E-state index >= 15 is 0 Å². The summed E-state index contributed by atoms with van der Waals surface area (Å²) in [4.78, 5) is 0. The summed E-state index contributed by atoms with van der Waals surface area (Å²) in [5.74, 6) is 3.50. The minimum Gasteiger partial charge on any atom is -0.457 e. The molecule has 1 aromatic heterocycles. The van der Waals surface area contributed by atoms with Crippen LogP contribution in [0, 0.1) is 0 Å². The first-order chi connectivity index (χ1) is 16.1. The molecule has 0 aliphatic carbocycles. The second-order valence-corrected chi connectivity index (χ2v) is 9.04. The fraction of sp³-hybridized carbons (Fsp3) is 0.0968. The summed E-state index contributed by atoms with van der Waals surface area (Å²) < 4.78 is 12.5. The van der Waals surface area contributed by atoms with Crippen molar-refractivity contribution in [3.05, 3.63) is 120 Å². The van der Waals surface area contributed by atoms with Crippen LogP contribution in [-0.2, 0) is 5.41 Å². The van der Waals surface area contributed by atoms with E-state index in [1.807, 2.05) is 30.3 Å². The van der Waals surface area contributed by atoms with Gasteiger partial charge in [0.25, 0.3) is 0 Å². The van der Waals surface area contributed by atoms with E-state index in [2.05, 4.69) is 92.7 Å². The van der Waals surface area contributed by atoms with Crippen LogP contribution in [-0.4, -0.2) is 0 Å². The number of rotatable bonds is 3. The molecular weight excluding hydrogens is 404 g/mol. The molecule has 1 aliphatic heterocycles. The van der Waals surface area contributed by atoms with Gasteiger partial charge in [0, 0.05) is 27.7 Å². The Labute approximate surface area is 194 Å². The highest BCUT2D eigenvalue weighted by Gasteiger charge is 2.34. The maximum absolute atomic E-state index is 6.28. The van der Waals surface area contributed by atoms with Gasteiger partial charge in [0.05, 0.1) is 0 Å². The van der Waals surface area contributed by atoms with E-state index < -0.39 is 0 Å². The van der Waals surface area contributed by atoms with E-state index in [1.165, 1.54) is 22.3 Å². The minimum atomic E-state index is -0.114. The molecule has 0 N–H and O–H groups in total. The molecule has 0 bridgehead atoms. The Hall–Kier alpha value is -4.04. The maximum Gasteiger partial charge on any atom is 0.134 e. The van der Waals surface area contributed by atoms with Crippen molar-refractivity contribution in [2.24, 2.45) is 0 Å². The van der Waals surface area contributed by atoms with E-state index in [1.54, 1.807) is 0 Å². The lowest BCUT2D eigenvalue weighted by molar-refractivity contribution is 0.418. The van der Waals surface area contributed by atoms with Gasteiger partial charge in [0.2, 0.25) is 0 Å². The van der Waals surface area contributed by atoms with Crippen molar-refractivity contribution in [1.82, 2.24) is 0 Å². The molecule has 0 radical (unpaired) electrons. The Morgan fingerprint density at radius 3 is 1.85 bits per heavy atom. The number of fused-ring (bicyclic) bond motifs is 2. The Morgan fingerprint density at radius 2 is 1.06 bits per heavy atom. The number of hydrogen-bond donors (Lipinski definition) is 0. The number of para-hydroxylation sites is 1. The predicted molar refractivity (Wildman–Crippen MR) is 134 cm³/mol. The van der Waals surface area contributed by atoms with Crippen LogP contribution < -0.4 is 4.74 Å². The normalized spacial score (nSPS) is 13.6. The van der Waals surface area contributed by atoms with Crippen molar-refractivity contribution < 1.29 is 9.15 Å². The quantitative estimate of drug-likeness (QED) is 0.287. The smallest absolute Gasteiger partial charge is 0.134 e. The van der Waals surface area contributed by atoms with E-state index in [4.69, 9.17) is 9.15 Å². The predicted octanol–water partition coefficient (Wildman–Crippen LogP) is 8.71. The number of benzene rings is 4. The largest absolute Gasteiger partial charge is 0.457 e. The zero-order valence-electron chi connectivity index (χ0n) is 18.7. The topological polar surface area (TPSA) is 22.4 Å². The van der Waals surface area contributed by atoms with Gasteiger partial charge < -0.3 is 9.15 Å². The summed E-state index contributed by atoms with van der Waals surface area (Å²) in [5.41, 5.74) is 6.76. The van der Waals surface area contributed by atoms with Crippen LogP contribution in [0.5, 0.6) is 11.5 Å². The molecule has 0 saturated heterocycles. The monoisotopic (exact) mass is 428 g/mol. The lowest BCUT2D eigenvalue weighted by Gasteiger charge is -2.34. The second-order valence-electron chi connectivity index (χ2n) is 9.04. The zero-order chi connectivity index (χ0) is 22.4. The lowest BCUT2D eigenvalue weighted by Crippen LogP contribution is -2.24. The molecule has 160 valence electrons. The lowest BCUT2D eigenvalue weighted by atomic mass is 9.75. The summed E-state index contributed by atoms with van der Waals surface area (Å²) in [6, 6.07) is 37.6. The first kappa shape index (κ1) is 19.6. The molecule has 2 heterocycles. The summed E-state index contributed by atoms with van der Waals surface area (Å²) >= 11 is 0. The molecule has 4 aromatic carbocycles. The average molecular weight is 429 g/mol. The van der Waals surface area contributed by atoms with Crippen LogP contribution in [0.15, 0.2) is 114 Å². The van der Waals surface area contributed by atoms with Crippen LogP contribution >= 0.6 is 0 Å². The van der Waals surface area contributed by atoms with Gasteiger partial charge in [-0.25, -0.2) is 0 Å². The van der Waals surface area contributed by atoms with Gasteiger partial charge in [0.15, 0.2) is 0 Å². The second kappa shape index (κ2) is 7.53. The van der Waals surface area contributed by atoms with Crippen molar-refractivity contribution >= 4 is 0 Å². The molecule has 33 heavy (non-hydrogen) atoms. The highest BCUT2D eigenvalue weighted by Crippen LogP contribution is 2.48. The third kappa shape index (κ3) is 3.35. The van der Waals surface area contributed by atoms with Crippen molar-refractivity contribution in [1.29, 1.82) is 0 Å². The first-order valence-corrected chi connectivity index (χ1v) is 11.3. The van der Waals surface area contributed by atoms with E-state index in [0.29, 0.717) is 0 Å². The van der Waals surface area contributed by atoms with Crippen molar-refractivity contribution in [3.8, 4) is 45.3 Å². The molecule has 0 unspecified atom stereocenters. The minimum absolute atomic E-state index is 0.114. The molecule has 0 fully saturated rings. The fourth-order valence-electron chi connectivity index (χ4n) is 4.72. The van der Waals surface area contributed by atoms with Crippen LogP contribution in [0.2, 0.25) is 0 Å². The third-order valence-corrected chi connectivity index (χ3v) is 6.60. The summed E-state index contributed by atoms with van der Waals surface area (Å²) in [5, 5.41) is 0. The van der Waals surface area contributed by atoms with Crippen molar-refractivity contribution in [2.75, 3.05) is 0 Å². The third-order valence-electron chi connectivity index (χ3n) is 6.60. The van der Waals surface area contributed by atoms with Gasteiger partial charge in [0.1, 0.15) is 23.0 Å². The van der Waals surface area contributed by atoms with E-state index in [9.17, 15) is 0 Å². The molecule has 5 aromatic rings. The fourth-order valence-corrected chi connectivity index (χ4v) is 4.72. The highest BCUT2D eigenvalue weighted by molar-refractivity contribution is 5.71. The number of hydrogen-bond acceptors (Lipinski definition) is 2. The van der Waals surface area contributed by atoms with Gasteiger partial charge >= 0.3 is 0 Å².